The molecule has 1 aromatic rings. The maximum absolute atomic E-state index is 11.6. The van der Waals surface area contributed by atoms with Crippen LogP contribution in [0, 0.1) is 0 Å². The quantitative estimate of drug-likeness (QED) is 0.647. The largest absolute Gasteiger partial charge is 0.426 e. The highest BCUT2D eigenvalue weighted by Gasteiger charge is 2.22. The van der Waals surface area contributed by atoms with E-state index in [2.05, 4.69) is 0 Å². The third-order valence-corrected chi connectivity index (χ3v) is 3.26. The van der Waals surface area contributed by atoms with Gasteiger partial charge in [0.25, 0.3) is 0 Å². The normalized spacial score (nSPS) is 13.9. The fraction of sp³-hybridized carbons (Fsp3) is 0.429. The van der Waals surface area contributed by atoms with Crippen molar-refractivity contribution in [1.29, 1.82) is 0 Å². The van der Waals surface area contributed by atoms with E-state index in [-0.39, 0.29) is 18.4 Å². The summed E-state index contributed by atoms with van der Waals surface area (Å²) in [5.41, 5.74) is 7.42. The van der Waals surface area contributed by atoms with E-state index in [1.165, 1.54) is 0 Å². The number of nitrogens with two attached hydrogens (primary N) is 1. The Hall–Kier alpha value is -1.88. The molecule has 1 aliphatic heterocycles. The number of benzene rings is 1. The fourth-order valence-electron chi connectivity index (χ4n) is 2.21. The number of amides is 1. The number of carbonyl (C=O) groups is 2. The summed E-state index contributed by atoms with van der Waals surface area (Å²) in [6.07, 6.45) is 1.04. The molecule has 1 heterocycles. The lowest BCUT2D eigenvalue weighted by Gasteiger charge is -2.29. The van der Waals surface area contributed by atoms with Gasteiger partial charge < -0.3 is 15.4 Å². The molecule has 5 heteroatoms. The van der Waals surface area contributed by atoms with Crippen LogP contribution in [0.2, 0.25) is 0 Å². The Morgan fingerprint density at radius 1 is 1.42 bits per heavy atom. The molecule has 5 nitrogen and oxygen atoms in total. The van der Waals surface area contributed by atoms with Gasteiger partial charge in [-0.15, -0.1) is 0 Å². The summed E-state index contributed by atoms with van der Waals surface area (Å²) >= 11 is 0. The van der Waals surface area contributed by atoms with Gasteiger partial charge in [-0.1, -0.05) is 19.1 Å². The number of rotatable bonds is 3. The minimum absolute atomic E-state index is 0.0276. The van der Waals surface area contributed by atoms with E-state index in [9.17, 15) is 9.59 Å². The van der Waals surface area contributed by atoms with Crippen LogP contribution >= 0.6 is 0 Å². The number of hydrogen-bond acceptors (Lipinski definition) is 4. The molecule has 1 amide bonds. The van der Waals surface area contributed by atoms with E-state index in [0.717, 1.165) is 11.1 Å². The molecule has 0 aromatic heterocycles. The first-order valence-corrected chi connectivity index (χ1v) is 6.45. The van der Waals surface area contributed by atoms with Crippen LogP contribution in [0.15, 0.2) is 18.2 Å². The van der Waals surface area contributed by atoms with Crippen molar-refractivity contribution in [2.45, 2.75) is 26.3 Å². The fourth-order valence-corrected chi connectivity index (χ4v) is 2.21. The zero-order chi connectivity index (χ0) is 13.8. The lowest BCUT2D eigenvalue weighted by molar-refractivity contribution is -0.134. The molecular weight excluding hydrogens is 244 g/mol. The van der Waals surface area contributed by atoms with E-state index >= 15 is 0 Å². The Morgan fingerprint density at radius 3 is 2.89 bits per heavy atom. The second-order valence-corrected chi connectivity index (χ2v) is 4.49. The average molecular weight is 262 g/mol. The highest BCUT2D eigenvalue weighted by molar-refractivity contribution is 5.78. The summed E-state index contributed by atoms with van der Waals surface area (Å²) < 4.78 is 5.32. The Morgan fingerprint density at radius 2 is 2.21 bits per heavy atom. The topological polar surface area (TPSA) is 72.6 Å². The van der Waals surface area contributed by atoms with E-state index in [4.69, 9.17) is 10.5 Å². The van der Waals surface area contributed by atoms with Crippen LogP contribution in [0.3, 0.4) is 0 Å². The van der Waals surface area contributed by atoms with Gasteiger partial charge in [0.2, 0.25) is 5.91 Å². The highest BCUT2D eigenvalue weighted by atomic mass is 16.5. The minimum atomic E-state index is -0.242. The Labute approximate surface area is 112 Å². The molecule has 1 aromatic carbocycles. The van der Waals surface area contributed by atoms with Crippen LogP contribution in [-0.2, 0) is 22.6 Å². The zero-order valence-electron chi connectivity index (χ0n) is 11.0. The van der Waals surface area contributed by atoms with Gasteiger partial charge >= 0.3 is 5.97 Å². The third-order valence-electron chi connectivity index (χ3n) is 3.26. The van der Waals surface area contributed by atoms with Crippen LogP contribution in [0.5, 0.6) is 5.75 Å². The number of nitrogens with zero attached hydrogens (tertiary/aromatic N) is 1. The van der Waals surface area contributed by atoms with Gasteiger partial charge in [-0.05, 0) is 18.1 Å². The summed E-state index contributed by atoms with van der Waals surface area (Å²) in [6, 6.07) is 5.59. The van der Waals surface area contributed by atoms with Crippen molar-refractivity contribution in [2.24, 2.45) is 5.73 Å². The molecule has 19 heavy (non-hydrogen) atoms. The smallest absolute Gasteiger partial charge is 0.310 e. The molecule has 0 bridgehead atoms. The number of carbonyl (C=O) groups excluding carboxylic acids is 2. The van der Waals surface area contributed by atoms with Crippen LogP contribution in [0.1, 0.15) is 24.5 Å². The van der Waals surface area contributed by atoms with Gasteiger partial charge in [0, 0.05) is 25.1 Å². The van der Waals surface area contributed by atoms with Crippen LogP contribution < -0.4 is 10.5 Å². The van der Waals surface area contributed by atoms with Gasteiger partial charge in [0.1, 0.15) is 5.75 Å². The molecule has 0 spiro atoms. The summed E-state index contributed by atoms with van der Waals surface area (Å²) in [5, 5.41) is 0. The predicted molar refractivity (Wildman–Crippen MR) is 70.5 cm³/mol. The first-order valence-electron chi connectivity index (χ1n) is 6.45. The van der Waals surface area contributed by atoms with Gasteiger partial charge in [-0.3, -0.25) is 9.59 Å². The Bertz CT molecular complexity index is 499. The van der Waals surface area contributed by atoms with Crippen molar-refractivity contribution in [3.63, 3.8) is 0 Å². The van der Waals surface area contributed by atoms with Gasteiger partial charge in [0.15, 0.2) is 0 Å². The molecule has 102 valence electrons. The standard InChI is InChI=1S/C14H18N2O3/c1-2-14(18)19-12-5-3-4-10-9-16(13(17)8-15)7-6-11(10)12/h3-5H,2,6-9,15H2,1H3. The van der Waals surface area contributed by atoms with Crippen LogP contribution in [0.4, 0.5) is 0 Å². The maximum Gasteiger partial charge on any atom is 0.310 e. The molecule has 0 unspecified atom stereocenters. The van der Waals surface area contributed by atoms with Crippen LogP contribution in [0.25, 0.3) is 0 Å². The summed E-state index contributed by atoms with van der Waals surface area (Å²) in [7, 11) is 0. The molecular formula is C14H18N2O3. The molecule has 0 aliphatic carbocycles. The van der Waals surface area contributed by atoms with Crippen molar-refractivity contribution in [3.05, 3.63) is 29.3 Å². The molecule has 0 fully saturated rings. The molecule has 0 radical (unpaired) electrons. The third kappa shape index (κ3) is 2.93. The van der Waals surface area contributed by atoms with Crippen molar-refractivity contribution >= 4 is 11.9 Å². The summed E-state index contributed by atoms with van der Waals surface area (Å²) in [4.78, 5) is 24.7. The Kier molecular flexibility index (Phi) is 4.16. The van der Waals surface area contributed by atoms with Gasteiger partial charge in [-0.25, -0.2) is 0 Å². The second-order valence-electron chi connectivity index (χ2n) is 4.49. The molecule has 2 rings (SSSR count). The van der Waals surface area contributed by atoms with Gasteiger partial charge in [0.05, 0.1) is 6.54 Å². The molecule has 1 aliphatic rings. The van der Waals surface area contributed by atoms with E-state index in [1.54, 1.807) is 17.9 Å². The zero-order valence-corrected chi connectivity index (χ0v) is 11.0. The second kappa shape index (κ2) is 5.84. The molecule has 0 saturated carbocycles. The average Bonchev–Trinajstić information content (AvgIpc) is 2.46. The predicted octanol–water partition coefficient (Wildman–Crippen LogP) is 0.845. The first-order chi connectivity index (χ1) is 9.15. The van der Waals surface area contributed by atoms with E-state index in [0.29, 0.717) is 31.7 Å². The van der Waals surface area contributed by atoms with Crippen molar-refractivity contribution in [1.82, 2.24) is 4.90 Å². The lowest BCUT2D eigenvalue weighted by atomic mass is 9.98. The highest BCUT2D eigenvalue weighted by Crippen LogP contribution is 2.28. The van der Waals surface area contributed by atoms with Crippen molar-refractivity contribution in [3.8, 4) is 5.75 Å². The van der Waals surface area contributed by atoms with E-state index in [1.807, 2.05) is 12.1 Å². The lowest BCUT2D eigenvalue weighted by Crippen LogP contribution is -2.39. The van der Waals surface area contributed by atoms with Crippen LogP contribution in [-0.4, -0.2) is 29.9 Å². The summed E-state index contributed by atoms with van der Waals surface area (Å²) in [5.74, 6) is 0.319. The number of fused-ring (bicyclic) bond motifs is 1. The van der Waals surface area contributed by atoms with E-state index < -0.39 is 0 Å². The minimum Gasteiger partial charge on any atom is -0.426 e. The maximum atomic E-state index is 11.6. The van der Waals surface area contributed by atoms with Gasteiger partial charge in [-0.2, -0.15) is 0 Å². The number of esters is 1. The van der Waals surface area contributed by atoms with Crippen molar-refractivity contribution in [2.75, 3.05) is 13.1 Å². The number of ether oxygens (including phenoxy) is 1. The Balaban J connectivity index is 2.21. The monoisotopic (exact) mass is 262 g/mol. The first kappa shape index (κ1) is 13.5. The summed E-state index contributed by atoms with van der Waals surface area (Å²) in [6.45, 7) is 2.94. The molecule has 2 N–H and O–H groups in total. The molecule has 0 saturated heterocycles. The number of hydrogen-bond donors (Lipinski definition) is 1. The SMILES string of the molecule is CCC(=O)Oc1cccc2c1CCN(C(=O)CN)C2. The van der Waals surface area contributed by atoms with Crippen molar-refractivity contribution < 1.29 is 14.3 Å². The molecule has 0 atom stereocenters.